The Morgan fingerprint density at radius 1 is 0.753 bits per heavy atom. The maximum absolute atomic E-state index is 15.3. The van der Waals surface area contributed by atoms with Crippen molar-refractivity contribution in [2.24, 2.45) is 21.9 Å². The molecule has 1 heterocycles. The van der Waals surface area contributed by atoms with Crippen LogP contribution in [0.2, 0.25) is 0 Å². The predicted molar refractivity (Wildman–Crippen MR) is 353 cm³/mol. The van der Waals surface area contributed by atoms with Gasteiger partial charge in [0.1, 0.15) is 47.0 Å². The smallest absolute Gasteiger partial charge is 0.336 e. The second-order valence-electron chi connectivity index (χ2n) is 23.7. The highest BCUT2D eigenvalue weighted by Crippen LogP contribution is 2.43. The molecule has 1 unspecified atom stereocenters. The van der Waals surface area contributed by atoms with Gasteiger partial charge in [0.05, 0.1) is 26.8 Å². The van der Waals surface area contributed by atoms with Crippen molar-refractivity contribution in [3.05, 3.63) is 188 Å². The Morgan fingerprint density at radius 2 is 1.39 bits per heavy atom. The van der Waals surface area contributed by atoms with Crippen molar-refractivity contribution < 1.29 is 57.1 Å². The highest BCUT2D eigenvalue weighted by Gasteiger charge is 2.45. The Balaban J connectivity index is 1.02. The van der Waals surface area contributed by atoms with Gasteiger partial charge in [-0.2, -0.15) is 15.0 Å². The number of rotatable bonds is 28. The average Bonchev–Trinajstić information content (AvgIpc) is 0.767. The van der Waals surface area contributed by atoms with E-state index in [1.54, 1.807) is 70.2 Å². The van der Waals surface area contributed by atoms with Crippen molar-refractivity contribution in [2.45, 2.75) is 108 Å². The number of azo groups is 1. The van der Waals surface area contributed by atoms with E-state index in [0.717, 1.165) is 5.69 Å². The van der Waals surface area contributed by atoms with Gasteiger partial charge in [-0.25, -0.2) is 13.2 Å². The number of phenolic OH excluding ortho intramolecular Hbond substituents is 2. The van der Waals surface area contributed by atoms with Crippen molar-refractivity contribution in [3.63, 3.8) is 0 Å². The summed E-state index contributed by atoms with van der Waals surface area (Å²) in [6.07, 6.45) is 0.650. The normalized spacial score (nSPS) is 13.4. The molecule has 10 N–H and O–H groups in total. The lowest BCUT2D eigenvalue weighted by molar-refractivity contribution is -0.386. The van der Waals surface area contributed by atoms with Crippen LogP contribution in [-0.4, -0.2) is 103 Å². The average molecular weight is 1290 g/mol. The summed E-state index contributed by atoms with van der Waals surface area (Å²) in [5.74, 6) is -5.78. The standard InChI is InChI=1S/C68H74N10O14S/c1-9-39(3)61(76-93(90,91)49-26-17-43(18-27-49)75-74-42-15-20-45(21-16-42)77(7)8)65(84)73-62(68(5,6)60-40(4)32-38(2)33-56(60)78(88)89)66(85)72-55(34-41-13-22-46(79)23-14-41)64(83)71-54(63(69)82)12-10-11-31-70-44-19-28-50(53(35-44)67(86)87)59-51-29-24-47(80)36-57(51)92-58-37-48(81)25-30-52(58)59/h13-30,32-33,35-37,39,54-55,61-62,70,76,79-80H,9-12,31,34H2,1-8H3,(H2,69,82)(H,71,83)(H,72,85)(H,73,84)(H,86,87)/t39-,54-,55-,61-,62?/m0/s1. The highest BCUT2D eigenvalue weighted by atomic mass is 32.2. The lowest BCUT2D eigenvalue weighted by Crippen LogP contribution is -2.63. The third kappa shape index (κ3) is 16.5. The van der Waals surface area contributed by atoms with Gasteiger partial charge < -0.3 is 51.6 Å². The molecular formula is C68H74N10O14S. The second-order valence-corrected chi connectivity index (χ2v) is 25.4. The molecule has 6 aromatic rings. The number of primary amides is 1. The summed E-state index contributed by atoms with van der Waals surface area (Å²) in [6.45, 7) is 9.89. The maximum Gasteiger partial charge on any atom is 0.336 e. The number of phenols is 2. The molecule has 93 heavy (non-hydrogen) atoms. The Bertz CT molecular complexity index is 4290. The quantitative estimate of drug-likeness (QED) is 0.00724. The van der Waals surface area contributed by atoms with Gasteiger partial charge in [0, 0.05) is 84.1 Å². The number of nitrogens with one attached hydrogen (secondary N) is 5. The van der Waals surface area contributed by atoms with Crippen LogP contribution >= 0.6 is 0 Å². The fourth-order valence-corrected chi connectivity index (χ4v) is 12.5. The number of carboxylic acids is 1. The second kappa shape index (κ2) is 29.2. The number of nitrogens with two attached hydrogens (primary N) is 1. The Labute approximate surface area is 536 Å². The Morgan fingerprint density at radius 3 is 2.01 bits per heavy atom. The van der Waals surface area contributed by atoms with Gasteiger partial charge in [-0.05, 0) is 158 Å². The molecule has 0 fully saturated rings. The van der Waals surface area contributed by atoms with Crippen LogP contribution in [0.1, 0.15) is 86.0 Å². The Kier molecular flexibility index (Phi) is 21.5. The minimum Gasteiger partial charge on any atom is -0.508 e. The van der Waals surface area contributed by atoms with E-state index in [1.165, 1.54) is 98.8 Å². The number of nitrogens with zero attached hydrogens (tertiary/aromatic N) is 4. The molecule has 0 radical (unpaired) electrons. The molecule has 5 atom stereocenters. The lowest BCUT2D eigenvalue weighted by Gasteiger charge is -2.37. The molecule has 25 heteroatoms. The molecule has 8 rings (SSSR count). The third-order valence-electron chi connectivity index (χ3n) is 16.3. The number of aromatic hydroxyl groups is 2. The van der Waals surface area contributed by atoms with E-state index >= 15 is 4.79 Å². The Hall–Kier alpha value is -10.5. The molecule has 0 aromatic heterocycles. The number of aryl methyl sites for hydroxylation is 2. The van der Waals surface area contributed by atoms with Crippen LogP contribution in [0, 0.1) is 29.9 Å². The van der Waals surface area contributed by atoms with E-state index in [1.807, 2.05) is 31.1 Å². The number of fused-ring (bicyclic) bond motifs is 2. The molecule has 0 saturated heterocycles. The molecule has 1 aliphatic heterocycles. The molecule has 4 amide bonds. The molecule has 6 aromatic carbocycles. The summed E-state index contributed by atoms with van der Waals surface area (Å²) in [7, 11) is -0.682. The number of hydrogen-bond acceptors (Lipinski definition) is 17. The number of carbonyl (C=O) groups excluding carboxylic acids is 4. The number of anilines is 2. The van der Waals surface area contributed by atoms with Crippen molar-refractivity contribution >= 4 is 79.0 Å². The minimum atomic E-state index is -4.49. The molecule has 24 nitrogen and oxygen atoms in total. The first kappa shape index (κ1) is 68.4. The number of aromatic carboxylic acids is 1. The molecular weight excluding hydrogens is 1210 g/mol. The van der Waals surface area contributed by atoms with E-state index in [0.29, 0.717) is 62.2 Å². The van der Waals surface area contributed by atoms with E-state index in [2.05, 4.69) is 36.2 Å². The zero-order valence-corrected chi connectivity index (χ0v) is 53.3. The minimum absolute atomic E-state index is 0.00152. The van der Waals surface area contributed by atoms with E-state index in [9.17, 15) is 57.8 Å². The number of hydrogen-bond donors (Lipinski definition) is 9. The first-order chi connectivity index (χ1) is 44.0. The number of carboxylic acid groups (broad SMARTS) is 1. The van der Waals surface area contributed by atoms with E-state index < -0.39 is 80.0 Å². The summed E-state index contributed by atoms with van der Waals surface area (Å²) in [5.41, 5.74) is 8.58. The summed E-state index contributed by atoms with van der Waals surface area (Å²) >= 11 is 0. The summed E-state index contributed by atoms with van der Waals surface area (Å²) in [5, 5.41) is 64.1. The summed E-state index contributed by atoms with van der Waals surface area (Å²) < 4.78 is 36.9. The van der Waals surface area contributed by atoms with Crippen LogP contribution in [0.3, 0.4) is 0 Å². The fraction of sp³-hybridized carbons (Fsp3) is 0.294. The molecule has 0 saturated carbocycles. The number of unbranched alkanes of at least 4 members (excludes halogenated alkanes) is 1. The van der Waals surface area contributed by atoms with Crippen LogP contribution in [0.25, 0.3) is 33.4 Å². The van der Waals surface area contributed by atoms with Gasteiger partial charge in [0.15, 0.2) is 5.43 Å². The van der Waals surface area contributed by atoms with Gasteiger partial charge in [0.25, 0.3) is 5.69 Å². The third-order valence-corrected chi connectivity index (χ3v) is 17.7. The number of benzene rings is 7. The van der Waals surface area contributed by atoms with Crippen molar-refractivity contribution in [1.82, 2.24) is 20.7 Å². The monoisotopic (exact) mass is 1290 g/mol. The van der Waals surface area contributed by atoms with E-state index in [-0.39, 0.29) is 82.2 Å². The van der Waals surface area contributed by atoms with Gasteiger partial charge >= 0.3 is 5.97 Å². The maximum atomic E-state index is 15.3. The number of sulfonamides is 1. The van der Waals surface area contributed by atoms with Crippen LogP contribution in [-0.2, 0) is 41.0 Å². The van der Waals surface area contributed by atoms with Gasteiger partial charge in [0.2, 0.25) is 33.7 Å². The molecule has 0 bridgehead atoms. The van der Waals surface area contributed by atoms with Crippen LogP contribution < -0.4 is 42.1 Å². The highest BCUT2D eigenvalue weighted by molar-refractivity contribution is 7.89. The number of nitro benzene ring substituents is 1. The zero-order valence-electron chi connectivity index (χ0n) is 52.5. The van der Waals surface area contributed by atoms with Crippen molar-refractivity contribution in [3.8, 4) is 33.9 Å². The van der Waals surface area contributed by atoms with Crippen LogP contribution in [0.5, 0.6) is 11.5 Å². The molecule has 0 spiro atoms. The van der Waals surface area contributed by atoms with E-state index in [4.69, 9.17) is 10.2 Å². The van der Waals surface area contributed by atoms with Crippen LogP contribution in [0.15, 0.2) is 164 Å². The topological polar surface area (TPSA) is 368 Å². The number of nitro groups is 1. The van der Waals surface area contributed by atoms with Gasteiger partial charge in [-0.3, -0.25) is 34.1 Å². The largest absolute Gasteiger partial charge is 0.508 e. The molecule has 486 valence electrons. The summed E-state index contributed by atoms with van der Waals surface area (Å²) in [4.78, 5) is 97.2. The molecule has 2 aliphatic rings. The zero-order chi connectivity index (χ0) is 67.6. The first-order valence-electron chi connectivity index (χ1n) is 29.9. The number of amides is 4. The van der Waals surface area contributed by atoms with Gasteiger partial charge in [-0.15, -0.1) is 0 Å². The molecule has 1 aliphatic carbocycles. The van der Waals surface area contributed by atoms with Crippen molar-refractivity contribution in [2.75, 3.05) is 30.9 Å². The van der Waals surface area contributed by atoms with Crippen molar-refractivity contribution in [1.29, 1.82) is 0 Å². The van der Waals surface area contributed by atoms with Gasteiger partial charge in [-0.1, -0.05) is 58.4 Å². The van der Waals surface area contributed by atoms with Crippen LogP contribution in [0.4, 0.5) is 28.4 Å². The first-order valence-corrected chi connectivity index (χ1v) is 31.4. The number of carbonyl (C=O) groups is 5. The predicted octanol–water partition coefficient (Wildman–Crippen LogP) is 9.82. The fourth-order valence-electron chi connectivity index (χ4n) is 11.2. The SMILES string of the molecule is CC[C@H](C)[C@H](NS(=O)(=O)c1ccc(N=Nc2ccc(N(C)C)cc2)cc1)C(=O)NC(C(=O)N[C@@H](Cc1ccc(O)cc1)C(=O)N[C@@H](CCCCNc1ccc(-c2c3ccc(=O)cc-3oc3cc(O)ccc23)c(C(=O)O)c1)C(N)=O)C(C)(C)c1c(C)cc(C)cc1[N+](=O)[O-]. The lowest BCUT2D eigenvalue weighted by atomic mass is 9.73. The summed E-state index contributed by atoms with van der Waals surface area (Å²) in [6, 6.07) is 28.6.